The second-order valence-corrected chi connectivity index (χ2v) is 6.11. The molecule has 0 saturated carbocycles. The lowest BCUT2D eigenvalue weighted by Crippen LogP contribution is -2.28. The van der Waals surface area contributed by atoms with Gasteiger partial charge in [0.15, 0.2) is 11.5 Å². The van der Waals surface area contributed by atoms with Gasteiger partial charge in [0.2, 0.25) is 0 Å². The van der Waals surface area contributed by atoms with Crippen LogP contribution in [0.5, 0.6) is 11.5 Å². The smallest absolute Gasteiger partial charge is 0.271 e. The van der Waals surface area contributed by atoms with Gasteiger partial charge in [-0.25, -0.2) is 4.98 Å². The van der Waals surface area contributed by atoms with Gasteiger partial charge in [-0.05, 0) is 31.5 Å². The fraction of sp³-hybridized carbons (Fsp3) is 0.312. The van der Waals surface area contributed by atoms with Gasteiger partial charge in [0, 0.05) is 10.7 Å². The van der Waals surface area contributed by atoms with E-state index in [1.807, 2.05) is 26.0 Å². The number of amides is 1. The van der Waals surface area contributed by atoms with Crippen LogP contribution in [0.15, 0.2) is 29.0 Å². The molecule has 1 aliphatic heterocycles. The lowest BCUT2D eigenvalue weighted by atomic mass is 10.1. The molecule has 7 heteroatoms. The van der Waals surface area contributed by atoms with Crippen LogP contribution in [0.25, 0.3) is 0 Å². The highest BCUT2D eigenvalue weighted by Gasteiger charge is 2.20. The van der Waals surface area contributed by atoms with E-state index in [0.29, 0.717) is 24.7 Å². The van der Waals surface area contributed by atoms with Crippen molar-refractivity contribution >= 4 is 21.8 Å². The highest BCUT2D eigenvalue weighted by Crippen LogP contribution is 2.37. The maximum atomic E-state index is 12.3. The zero-order valence-electron chi connectivity index (χ0n) is 12.8. The first-order valence-electron chi connectivity index (χ1n) is 7.23. The Labute approximate surface area is 142 Å². The number of halogens is 1. The zero-order chi connectivity index (χ0) is 16.4. The molecule has 1 aliphatic rings. The summed E-state index contributed by atoms with van der Waals surface area (Å²) in [7, 11) is 0. The van der Waals surface area contributed by atoms with E-state index in [2.05, 4.69) is 31.2 Å². The number of benzene rings is 1. The third kappa shape index (κ3) is 3.44. The fourth-order valence-corrected chi connectivity index (χ4v) is 2.94. The zero-order valence-corrected chi connectivity index (χ0v) is 14.4. The molecule has 2 aromatic rings. The number of nitrogens with zero attached hydrogens (tertiary/aromatic N) is 2. The van der Waals surface area contributed by atoms with Gasteiger partial charge in [-0.2, -0.15) is 0 Å². The van der Waals surface area contributed by atoms with Crippen molar-refractivity contribution in [3.05, 3.63) is 46.0 Å². The van der Waals surface area contributed by atoms with Crippen LogP contribution in [0, 0.1) is 6.92 Å². The third-order valence-corrected chi connectivity index (χ3v) is 4.18. The number of rotatable bonds is 3. The second kappa shape index (κ2) is 6.54. The summed E-state index contributed by atoms with van der Waals surface area (Å²) in [5.74, 6) is 1.12. The minimum Gasteiger partial charge on any atom is -0.486 e. The van der Waals surface area contributed by atoms with Crippen molar-refractivity contribution in [2.24, 2.45) is 0 Å². The van der Waals surface area contributed by atoms with Crippen molar-refractivity contribution in [2.75, 3.05) is 13.2 Å². The van der Waals surface area contributed by atoms with Gasteiger partial charge < -0.3 is 14.8 Å². The summed E-state index contributed by atoms with van der Waals surface area (Å²) in [6.07, 6.45) is 3.04. The van der Waals surface area contributed by atoms with Crippen molar-refractivity contribution in [3.63, 3.8) is 0 Å². The molecule has 1 atom stereocenters. The molecule has 1 amide bonds. The van der Waals surface area contributed by atoms with Crippen molar-refractivity contribution < 1.29 is 14.3 Å². The average Bonchev–Trinajstić information content (AvgIpc) is 2.54. The van der Waals surface area contributed by atoms with Crippen LogP contribution in [0.3, 0.4) is 0 Å². The second-order valence-electron chi connectivity index (χ2n) is 5.26. The first kappa shape index (κ1) is 15.7. The van der Waals surface area contributed by atoms with Gasteiger partial charge in [-0.15, -0.1) is 0 Å². The van der Waals surface area contributed by atoms with Crippen LogP contribution in [-0.2, 0) is 0 Å². The molecule has 0 bridgehead atoms. The van der Waals surface area contributed by atoms with Crippen molar-refractivity contribution in [2.45, 2.75) is 19.9 Å². The van der Waals surface area contributed by atoms with E-state index in [1.165, 1.54) is 6.20 Å². The number of carbonyl (C=O) groups is 1. The number of hydrogen-bond acceptors (Lipinski definition) is 5. The number of nitrogens with one attached hydrogen (secondary N) is 1. The summed E-state index contributed by atoms with van der Waals surface area (Å²) >= 11 is 3.52. The fourth-order valence-electron chi connectivity index (χ4n) is 2.27. The minimum atomic E-state index is -0.271. The maximum absolute atomic E-state index is 12.3. The first-order chi connectivity index (χ1) is 11.0. The summed E-state index contributed by atoms with van der Waals surface area (Å²) in [4.78, 5) is 20.4. The van der Waals surface area contributed by atoms with Crippen LogP contribution in [0.2, 0.25) is 0 Å². The summed E-state index contributed by atoms with van der Waals surface area (Å²) in [5.41, 5.74) is 1.96. The van der Waals surface area contributed by atoms with Crippen LogP contribution in [0.4, 0.5) is 0 Å². The maximum Gasteiger partial charge on any atom is 0.271 e. The van der Waals surface area contributed by atoms with Crippen molar-refractivity contribution in [1.29, 1.82) is 0 Å². The molecule has 0 aliphatic carbocycles. The molecule has 0 spiro atoms. The summed E-state index contributed by atoms with van der Waals surface area (Å²) in [6, 6.07) is 3.51. The molecule has 3 rings (SSSR count). The molecule has 1 aromatic heterocycles. The minimum absolute atomic E-state index is 0.226. The summed E-state index contributed by atoms with van der Waals surface area (Å²) in [6.45, 7) is 4.78. The number of aryl methyl sites for hydroxylation is 1. The van der Waals surface area contributed by atoms with E-state index in [-0.39, 0.29) is 17.6 Å². The van der Waals surface area contributed by atoms with E-state index in [1.54, 1.807) is 6.20 Å². The van der Waals surface area contributed by atoms with E-state index < -0.39 is 0 Å². The molecule has 120 valence electrons. The van der Waals surface area contributed by atoms with Gasteiger partial charge >= 0.3 is 0 Å². The Balaban J connectivity index is 1.79. The topological polar surface area (TPSA) is 73.3 Å². The largest absolute Gasteiger partial charge is 0.486 e. The van der Waals surface area contributed by atoms with Crippen LogP contribution >= 0.6 is 15.9 Å². The normalized spacial score (nSPS) is 14.2. The number of aromatic nitrogens is 2. The molecular weight excluding hydrogens is 362 g/mol. The molecule has 0 radical (unpaired) electrons. The molecule has 23 heavy (non-hydrogen) atoms. The number of hydrogen-bond donors (Lipinski definition) is 1. The summed E-state index contributed by atoms with van der Waals surface area (Å²) < 4.78 is 12.0. The monoisotopic (exact) mass is 377 g/mol. The highest BCUT2D eigenvalue weighted by molar-refractivity contribution is 9.10. The van der Waals surface area contributed by atoms with Gasteiger partial charge in [0.25, 0.3) is 5.91 Å². The Kier molecular flexibility index (Phi) is 4.47. The van der Waals surface area contributed by atoms with E-state index in [9.17, 15) is 4.79 Å². The quantitative estimate of drug-likeness (QED) is 0.889. The Morgan fingerprint density at radius 2 is 1.91 bits per heavy atom. The van der Waals surface area contributed by atoms with Gasteiger partial charge in [0.05, 0.1) is 17.9 Å². The number of ether oxygens (including phenoxy) is 2. The highest BCUT2D eigenvalue weighted by atomic mass is 79.9. The molecular formula is C16H16BrN3O3. The Bertz CT molecular complexity index is 734. The van der Waals surface area contributed by atoms with Gasteiger partial charge in [0.1, 0.15) is 18.9 Å². The van der Waals surface area contributed by atoms with Gasteiger partial charge in [-0.3, -0.25) is 9.78 Å². The van der Waals surface area contributed by atoms with Crippen LogP contribution < -0.4 is 14.8 Å². The third-order valence-electron chi connectivity index (χ3n) is 3.49. The standard InChI is InChI=1S/C16H16BrN3O3/c1-9-7-19-13(8-18-9)16(21)20-10(2)11-5-14-15(6-12(11)17)23-4-3-22-14/h5-8,10H,3-4H2,1-2H3,(H,20,21)/t10-/m0/s1. The predicted octanol–water partition coefficient (Wildman–Crippen LogP) is 2.81. The molecule has 0 saturated heterocycles. The molecule has 1 N–H and O–H groups in total. The molecule has 6 nitrogen and oxygen atoms in total. The van der Waals surface area contributed by atoms with E-state index in [4.69, 9.17) is 9.47 Å². The molecule has 0 unspecified atom stereocenters. The lowest BCUT2D eigenvalue weighted by molar-refractivity contribution is 0.0934. The molecule has 0 fully saturated rings. The van der Waals surface area contributed by atoms with E-state index >= 15 is 0 Å². The first-order valence-corrected chi connectivity index (χ1v) is 8.02. The Morgan fingerprint density at radius 3 is 2.57 bits per heavy atom. The predicted molar refractivity (Wildman–Crippen MR) is 87.8 cm³/mol. The molecule has 2 heterocycles. The van der Waals surface area contributed by atoms with Gasteiger partial charge in [-0.1, -0.05) is 15.9 Å². The average molecular weight is 378 g/mol. The Morgan fingerprint density at radius 1 is 1.22 bits per heavy atom. The number of fused-ring (bicyclic) bond motifs is 1. The number of carbonyl (C=O) groups excluding carboxylic acids is 1. The van der Waals surface area contributed by atoms with Crippen LogP contribution in [-0.4, -0.2) is 29.1 Å². The van der Waals surface area contributed by atoms with Crippen LogP contribution in [0.1, 0.15) is 34.7 Å². The SMILES string of the molecule is Cc1cnc(C(=O)N[C@@H](C)c2cc3c(cc2Br)OCCO3)cn1. The molecule has 1 aromatic carbocycles. The summed E-state index contributed by atoms with van der Waals surface area (Å²) in [5, 5.41) is 2.91. The Hall–Kier alpha value is -2.15. The van der Waals surface area contributed by atoms with E-state index in [0.717, 1.165) is 15.7 Å². The van der Waals surface area contributed by atoms with Crippen molar-refractivity contribution in [3.8, 4) is 11.5 Å². The van der Waals surface area contributed by atoms with Crippen molar-refractivity contribution in [1.82, 2.24) is 15.3 Å². The lowest BCUT2D eigenvalue weighted by Gasteiger charge is -2.22.